The lowest BCUT2D eigenvalue weighted by atomic mass is 9.94. The summed E-state index contributed by atoms with van der Waals surface area (Å²) in [6, 6.07) is 6.77. The lowest BCUT2D eigenvalue weighted by Crippen LogP contribution is -2.41. The first-order valence-electron chi connectivity index (χ1n) is 11.8. The SMILES string of the molecule is CCOC(=O)N1C/C(=C\c2cc(OC)c(OC)cc2OC)C(=O)/C(=C/c2cc(OC)c(OC)cc2OC)C1. The fourth-order valence-corrected chi connectivity index (χ4v) is 4.09. The highest BCUT2D eigenvalue weighted by Gasteiger charge is 2.30. The van der Waals surface area contributed by atoms with Crippen LogP contribution in [-0.4, -0.2) is 79.1 Å². The molecular formula is C28H33NO9. The average Bonchev–Trinajstić information content (AvgIpc) is 2.94. The normalized spacial score (nSPS) is 15.3. The lowest BCUT2D eigenvalue weighted by molar-refractivity contribution is -0.113. The van der Waals surface area contributed by atoms with E-state index in [1.165, 1.54) is 47.6 Å². The van der Waals surface area contributed by atoms with Crippen molar-refractivity contribution in [1.29, 1.82) is 0 Å². The van der Waals surface area contributed by atoms with Gasteiger partial charge in [-0.2, -0.15) is 0 Å². The van der Waals surface area contributed by atoms with Gasteiger partial charge in [-0.15, -0.1) is 0 Å². The number of hydrogen-bond donors (Lipinski definition) is 0. The summed E-state index contributed by atoms with van der Waals surface area (Å²) >= 11 is 0. The molecule has 1 aliphatic rings. The molecule has 0 saturated carbocycles. The number of piperidine rings is 1. The number of rotatable bonds is 9. The largest absolute Gasteiger partial charge is 0.496 e. The maximum absolute atomic E-state index is 13.7. The summed E-state index contributed by atoms with van der Waals surface area (Å²) in [5.41, 5.74) is 1.89. The van der Waals surface area contributed by atoms with E-state index in [1.807, 2.05) is 0 Å². The summed E-state index contributed by atoms with van der Waals surface area (Å²) in [5.74, 6) is 2.62. The zero-order valence-electron chi connectivity index (χ0n) is 22.7. The van der Waals surface area contributed by atoms with Gasteiger partial charge in [0.05, 0.1) is 62.4 Å². The van der Waals surface area contributed by atoms with Crippen LogP contribution in [0.5, 0.6) is 34.5 Å². The lowest BCUT2D eigenvalue weighted by Gasteiger charge is -2.29. The van der Waals surface area contributed by atoms with Gasteiger partial charge >= 0.3 is 6.09 Å². The van der Waals surface area contributed by atoms with Crippen molar-refractivity contribution in [3.63, 3.8) is 0 Å². The van der Waals surface area contributed by atoms with E-state index in [2.05, 4.69) is 0 Å². The standard InChI is InChI=1S/C28H33NO9/c1-8-38-28(31)29-15-19(9-17-11-23(34-4)25(36-6)13-21(17)32-2)27(30)20(16-29)10-18-12-24(35-5)26(37-7)14-22(18)33-3/h9-14H,8,15-16H2,1-7H3/b19-9+,20-10+. The van der Waals surface area contributed by atoms with Crippen molar-refractivity contribution >= 4 is 24.0 Å². The monoisotopic (exact) mass is 527 g/mol. The number of carbonyl (C=O) groups excluding carboxylic acids is 2. The molecule has 38 heavy (non-hydrogen) atoms. The van der Waals surface area contributed by atoms with Crippen molar-refractivity contribution in [1.82, 2.24) is 4.90 Å². The maximum atomic E-state index is 13.7. The third kappa shape index (κ3) is 5.96. The molecule has 0 spiro atoms. The number of likely N-dealkylation sites (tertiary alicyclic amines) is 1. The zero-order valence-corrected chi connectivity index (χ0v) is 22.7. The molecule has 10 nitrogen and oxygen atoms in total. The van der Waals surface area contributed by atoms with Gasteiger partial charge in [0, 0.05) is 34.4 Å². The topological polar surface area (TPSA) is 102 Å². The number of amides is 1. The Morgan fingerprint density at radius 3 is 1.39 bits per heavy atom. The number of ether oxygens (including phenoxy) is 7. The Morgan fingerprint density at radius 1 is 0.684 bits per heavy atom. The van der Waals surface area contributed by atoms with Gasteiger partial charge in [-0.1, -0.05) is 0 Å². The molecule has 1 amide bonds. The van der Waals surface area contributed by atoms with E-state index in [0.717, 1.165) is 0 Å². The molecule has 1 saturated heterocycles. The van der Waals surface area contributed by atoms with Crippen LogP contribution in [0, 0.1) is 0 Å². The van der Waals surface area contributed by atoms with Crippen molar-refractivity contribution < 1.29 is 42.7 Å². The van der Waals surface area contributed by atoms with Crippen molar-refractivity contribution in [3.8, 4) is 34.5 Å². The summed E-state index contributed by atoms with van der Waals surface area (Å²) in [7, 11) is 9.13. The molecule has 1 heterocycles. The van der Waals surface area contributed by atoms with Crippen LogP contribution >= 0.6 is 0 Å². The number of methoxy groups -OCH3 is 6. The van der Waals surface area contributed by atoms with Crippen molar-refractivity contribution in [2.24, 2.45) is 0 Å². The summed E-state index contributed by atoms with van der Waals surface area (Å²) < 4.78 is 37.8. The highest BCUT2D eigenvalue weighted by Crippen LogP contribution is 2.38. The fourth-order valence-electron chi connectivity index (χ4n) is 4.09. The summed E-state index contributed by atoms with van der Waals surface area (Å²) in [6.07, 6.45) is 2.82. The number of Topliss-reactive ketones (excluding diaryl/α,β-unsaturated/α-hetero) is 1. The molecule has 2 aromatic rings. The van der Waals surface area contributed by atoms with E-state index in [1.54, 1.807) is 43.3 Å². The van der Waals surface area contributed by atoms with E-state index in [9.17, 15) is 9.59 Å². The molecule has 0 N–H and O–H groups in total. The Balaban J connectivity index is 2.15. The molecule has 0 atom stereocenters. The van der Waals surface area contributed by atoms with Crippen LogP contribution in [0.1, 0.15) is 18.1 Å². The van der Waals surface area contributed by atoms with Gasteiger partial charge in [-0.25, -0.2) is 4.79 Å². The van der Waals surface area contributed by atoms with Crippen LogP contribution in [0.3, 0.4) is 0 Å². The Hall–Kier alpha value is -4.34. The molecule has 0 aromatic heterocycles. The van der Waals surface area contributed by atoms with Crippen molar-refractivity contribution in [2.45, 2.75) is 6.92 Å². The van der Waals surface area contributed by atoms with E-state index in [0.29, 0.717) is 56.8 Å². The van der Waals surface area contributed by atoms with Crippen LogP contribution in [0.15, 0.2) is 35.4 Å². The third-order valence-electron chi connectivity index (χ3n) is 5.96. The Labute approximate surface area is 222 Å². The van der Waals surface area contributed by atoms with Gasteiger partial charge in [0.1, 0.15) is 11.5 Å². The average molecular weight is 528 g/mol. The number of nitrogens with zero attached hydrogens (tertiary/aromatic N) is 1. The fraction of sp³-hybridized carbons (Fsp3) is 0.357. The minimum absolute atomic E-state index is 0.0512. The first-order chi connectivity index (χ1) is 18.3. The molecule has 204 valence electrons. The van der Waals surface area contributed by atoms with E-state index in [-0.39, 0.29) is 25.5 Å². The molecule has 0 unspecified atom stereocenters. The number of ketones is 1. The maximum Gasteiger partial charge on any atom is 0.410 e. The van der Waals surface area contributed by atoms with Gasteiger partial charge in [-0.05, 0) is 31.2 Å². The molecule has 0 bridgehead atoms. The molecule has 3 rings (SSSR count). The van der Waals surface area contributed by atoms with E-state index in [4.69, 9.17) is 33.2 Å². The molecule has 1 aliphatic heterocycles. The minimum Gasteiger partial charge on any atom is -0.496 e. The molecule has 0 radical (unpaired) electrons. The second-order valence-corrected chi connectivity index (χ2v) is 8.12. The Kier molecular flexibility index (Phi) is 9.48. The zero-order chi connectivity index (χ0) is 27.8. The van der Waals surface area contributed by atoms with Crippen LogP contribution in [0.4, 0.5) is 4.79 Å². The van der Waals surface area contributed by atoms with Crippen molar-refractivity contribution in [2.75, 3.05) is 62.4 Å². The van der Waals surface area contributed by atoms with E-state index < -0.39 is 6.09 Å². The van der Waals surface area contributed by atoms with Gasteiger partial charge in [0.25, 0.3) is 0 Å². The third-order valence-corrected chi connectivity index (χ3v) is 5.96. The summed E-state index contributed by atoms with van der Waals surface area (Å²) in [4.78, 5) is 27.9. The molecule has 1 fully saturated rings. The van der Waals surface area contributed by atoms with Crippen LogP contribution in [0.2, 0.25) is 0 Å². The molecule has 2 aromatic carbocycles. The number of benzene rings is 2. The Bertz CT molecular complexity index is 1160. The van der Waals surface area contributed by atoms with Crippen LogP contribution in [0.25, 0.3) is 12.2 Å². The minimum atomic E-state index is -0.532. The summed E-state index contributed by atoms with van der Waals surface area (Å²) in [6.45, 7) is 2.03. The molecular weight excluding hydrogens is 494 g/mol. The second-order valence-electron chi connectivity index (χ2n) is 8.12. The number of carbonyl (C=O) groups is 2. The smallest absolute Gasteiger partial charge is 0.410 e. The predicted molar refractivity (Wildman–Crippen MR) is 142 cm³/mol. The first-order valence-corrected chi connectivity index (χ1v) is 11.8. The second kappa shape index (κ2) is 12.8. The summed E-state index contributed by atoms with van der Waals surface area (Å²) in [5, 5.41) is 0. The number of hydrogen-bond acceptors (Lipinski definition) is 9. The van der Waals surface area contributed by atoms with Gasteiger partial charge in [-0.3, -0.25) is 9.69 Å². The van der Waals surface area contributed by atoms with Crippen LogP contribution in [-0.2, 0) is 9.53 Å². The predicted octanol–water partition coefficient (Wildman–Crippen LogP) is 4.25. The van der Waals surface area contributed by atoms with Gasteiger partial charge < -0.3 is 33.2 Å². The van der Waals surface area contributed by atoms with Gasteiger partial charge in [0.2, 0.25) is 0 Å². The quantitative estimate of drug-likeness (QED) is 0.443. The van der Waals surface area contributed by atoms with Crippen molar-refractivity contribution in [3.05, 3.63) is 46.5 Å². The molecule has 0 aliphatic carbocycles. The van der Waals surface area contributed by atoms with E-state index >= 15 is 0 Å². The van der Waals surface area contributed by atoms with Crippen LogP contribution < -0.4 is 28.4 Å². The molecule has 10 heteroatoms. The first kappa shape index (κ1) is 28.2. The van der Waals surface area contributed by atoms with Gasteiger partial charge in [0.15, 0.2) is 28.8 Å². The highest BCUT2D eigenvalue weighted by atomic mass is 16.6. The highest BCUT2D eigenvalue weighted by molar-refractivity contribution is 6.15. The Morgan fingerprint density at radius 2 is 1.05 bits per heavy atom.